The third kappa shape index (κ3) is 4.39. The third-order valence-corrected chi connectivity index (χ3v) is 4.04. The van der Waals surface area contributed by atoms with Gasteiger partial charge in [-0.2, -0.15) is 0 Å². The molecule has 1 aliphatic carbocycles. The van der Waals surface area contributed by atoms with Crippen molar-refractivity contribution in [2.75, 3.05) is 6.54 Å². The van der Waals surface area contributed by atoms with Crippen molar-refractivity contribution in [2.45, 2.75) is 45.1 Å². The van der Waals surface area contributed by atoms with Crippen LogP contribution in [0, 0.1) is 11.8 Å². The van der Waals surface area contributed by atoms with Crippen molar-refractivity contribution >= 4 is 5.97 Å². The molecule has 2 N–H and O–H groups in total. The van der Waals surface area contributed by atoms with Crippen molar-refractivity contribution in [1.29, 1.82) is 0 Å². The maximum atomic E-state index is 10.9. The summed E-state index contributed by atoms with van der Waals surface area (Å²) in [5, 5.41) is 12.5. The molecular weight excluding hydrogens is 242 g/mol. The average Bonchev–Trinajstić information content (AvgIpc) is 2.89. The predicted octanol–water partition coefficient (Wildman–Crippen LogP) is 2.69. The fourth-order valence-electron chi connectivity index (χ4n) is 2.78. The number of aliphatic carboxylic acids is 1. The first-order chi connectivity index (χ1) is 9.15. The van der Waals surface area contributed by atoms with Gasteiger partial charge in [-0.05, 0) is 57.2 Å². The number of hydrogen-bond donors (Lipinski definition) is 2. The molecule has 1 saturated carbocycles. The summed E-state index contributed by atoms with van der Waals surface area (Å²) in [6.45, 7) is 3.14. The number of carbonyl (C=O) groups is 1. The molecule has 19 heavy (non-hydrogen) atoms. The Morgan fingerprint density at radius 2 is 2.21 bits per heavy atom. The Balaban J connectivity index is 1.65. The summed E-state index contributed by atoms with van der Waals surface area (Å²) >= 11 is 0. The van der Waals surface area contributed by atoms with Gasteiger partial charge in [0.2, 0.25) is 0 Å². The van der Waals surface area contributed by atoms with E-state index in [1.165, 1.54) is 0 Å². The zero-order valence-electron chi connectivity index (χ0n) is 11.5. The number of carboxylic acids is 1. The van der Waals surface area contributed by atoms with Gasteiger partial charge in [0.25, 0.3) is 0 Å². The molecule has 0 aliphatic heterocycles. The minimum absolute atomic E-state index is 0.114. The Morgan fingerprint density at radius 1 is 1.47 bits per heavy atom. The first kappa shape index (κ1) is 14.1. The Hall–Kier alpha value is -1.29. The van der Waals surface area contributed by atoms with Crippen LogP contribution in [0.3, 0.4) is 0 Å². The lowest BCUT2D eigenvalue weighted by Crippen LogP contribution is -2.34. The molecule has 1 aromatic heterocycles. The lowest BCUT2D eigenvalue weighted by molar-refractivity contribution is -0.143. The van der Waals surface area contributed by atoms with Crippen LogP contribution in [0.1, 0.15) is 38.4 Å². The largest absolute Gasteiger partial charge is 0.481 e. The molecule has 0 bridgehead atoms. The molecule has 1 unspecified atom stereocenters. The van der Waals surface area contributed by atoms with E-state index in [1.807, 2.05) is 12.1 Å². The van der Waals surface area contributed by atoms with Gasteiger partial charge in [0.1, 0.15) is 5.76 Å². The summed E-state index contributed by atoms with van der Waals surface area (Å²) in [7, 11) is 0. The second-order valence-electron chi connectivity index (χ2n) is 5.65. The molecule has 106 valence electrons. The van der Waals surface area contributed by atoms with Crippen LogP contribution in [0.5, 0.6) is 0 Å². The molecule has 4 nitrogen and oxygen atoms in total. The quantitative estimate of drug-likeness (QED) is 0.830. The summed E-state index contributed by atoms with van der Waals surface area (Å²) in [6, 6.07) is 4.30. The van der Waals surface area contributed by atoms with Gasteiger partial charge in [-0.3, -0.25) is 4.79 Å². The third-order valence-electron chi connectivity index (χ3n) is 4.04. The zero-order chi connectivity index (χ0) is 13.7. The molecule has 0 aromatic carbocycles. The Labute approximate surface area is 114 Å². The van der Waals surface area contributed by atoms with Crippen molar-refractivity contribution in [1.82, 2.24) is 5.32 Å². The summed E-state index contributed by atoms with van der Waals surface area (Å²) < 4.78 is 5.33. The molecule has 1 aliphatic rings. The summed E-state index contributed by atoms with van der Waals surface area (Å²) in [4.78, 5) is 10.9. The molecule has 1 heterocycles. The molecular formula is C15H23NO3. The maximum Gasteiger partial charge on any atom is 0.306 e. The van der Waals surface area contributed by atoms with Gasteiger partial charge in [-0.15, -0.1) is 0 Å². The van der Waals surface area contributed by atoms with Crippen molar-refractivity contribution in [3.05, 3.63) is 24.2 Å². The van der Waals surface area contributed by atoms with E-state index in [0.717, 1.165) is 44.4 Å². The monoisotopic (exact) mass is 265 g/mol. The van der Waals surface area contributed by atoms with Gasteiger partial charge in [0.15, 0.2) is 0 Å². The SMILES string of the molecule is CC(Cc1ccco1)NCC1CCC(C(=O)O)CC1. The number of hydrogen-bond acceptors (Lipinski definition) is 3. The van der Waals surface area contributed by atoms with Crippen LogP contribution in [0.25, 0.3) is 0 Å². The summed E-state index contributed by atoms with van der Waals surface area (Å²) in [6.07, 6.45) is 6.31. The molecule has 1 aromatic rings. The number of carboxylic acid groups (broad SMARTS) is 1. The maximum absolute atomic E-state index is 10.9. The van der Waals surface area contributed by atoms with Crippen LogP contribution >= 0.6 is 0 Å². The molecule has 1 fully saturated rings. The van der Waals surface area contributed by atoms with Crippen molar-refractivity contribution in [3.63, 3.8) is 0 Å². The lowest BCUT2D eigenvalue weighted by atomic mass is 9.82. The minimum atomic E-state index is -0.627. The van der Waals surface area contributed by atoms with Crippen LogP contribution in [0.4, 0.5) is 0 Å². The highest BCUT2D eigenvalue weighted by Gasteiger charge is 2.25. The standard InChI is InChI=1S/C15H23NO3/c1-11(9-14-3-2-8-19-14)16-10-12-4-6-13(7-5-12)15(17)18/h2-3,8,11-13,16H,4-7,9-10H2,1H3,(H,17,18). The molecule has 0 radical (unpaired) electrons. The Bertz CT molecular complexity index is 380. The molecule has 0 amide bonds. The fourth-order valence-corrected chi connectivity index (χ4v) is 2.78. The highest BCUT2D eigenvalue weighted by atomic mass is 16.4. The van der Waals surface area contributed by atoms with Crippen LogP contribution in [-0.2, 0) is 11.2 Å². The summed E-state index contributed by atoms with van der Waals surface area (Å²) in [5.74, 6) is 0.888. The van der Waals surface area contributed by atoms with Gasteiger partial charge < -0.3 is 14.8 Å². The van der Waals surface area contributed by atoms with Gasteiger partial charge in [0.05, 0.1) is 12.2 Å². The first-order valence-electron chi connectivity index (χ1n) is 7.13. The van der Waals surface area contributed by atoms with Crippen LogP contribution < -0.4 is 5.32 Å². The number of rotatable bonds is 6. The smallest absolute Gasteiger partial charge is 0.306 e. The minimum Gasteiger partial charge on any atom is -0.481 e. The van der Waals surface area contributed by atoms with E-state index in [0.29, 0.717) is 12.0 Å². The van der Waals surface area contributed by atoms with Crippen LogP contribution in [0.2, 0.25) is 0 Å². The molecule has 2 rings (SSSR count). The molecule has 4 heteroatoms. The Kier molecular flexibility index (Phi) is 5.02. The fraction of sp³-hybridized carbons (Fsp3) is 0.667. The number of nitrogens with one attached hydrogen (secondary N) is 1. The van der Waals surface area contributed by atoms with Crippen LogP contribution in [-0.4, -0.2) is 23.7 Å². The van der Waals surface area contributed by atoms with E-state index in [-0.39, 0.29) is 5.92 Å². The summed E-state index contributed by atoms with van der Waals surface area (Å²) in [5.41, 5.74) is 0. The van der Waals surface area contributed by atoms with Crippen molar-refractivity contribution < 1.29 is 14.3 Å². The van der Waals surface area contributed by atoms with Gasteiger partial charge >= 0.3 is 5.97 Å². The van der Waals surface area contributed by atoms with Crippen molar-refractivity contribution in [2.24, 2.45) is 11.8 Å². The average molecular weight is 265 g/mol. The van der Waals surface area contributed by atoms with E-state index in [9.17, 15) is 4.79 Å². The second-order valence-corrected chi connectivity index (χ2v) is 5.65. The van der Waals surface area contributed by atoms with Crippen molar-refractivity contribution in [3.8, 4) is 0 Å². The normalized spacial score (nSPS) is 25.1. The highest BCUT2D eigenvalue weighted by Crippen LogP contribution is 2.28. The molecule has 0 saturated heterocycles. The predicted molar refractivity (Wildman–Crippen MR) is 73.0 cm³/mol. The Morgan fingerprint density at radius 3 is 2.79 bits per heavy atom. The van der Waals surface area contributed by atoms with Gasteiger partial charge in [0, 0.05) is 12.5 Å². The first-order valence-corrected chi connectivity index (χ1v) is 7.13. The van der Waals surface area contributed by atoms with E-state index < -0.39 is 5.97 Å². The van der Waals surface area contributed by atoms with Gasteiger partial charge in [-0.25, -0.2) is 0 Å². The highest BCUT2D eigenvalue weighted by molar-refractivity contribution is 5.69. The van der Waals surface area contributed by atoms with E-state index >= 15 is 0 Å². The topological polar surface area (TPSA) is 62.5 Å². The van der Waals surface area contributed by atoms with E-state index in [2.05, 4.69) is 12.2 Å². The second kappa shape index (κ2) is 6.75. The lowest BCUT2D eigenvalue weighted by Gasteiger charge is -2.27. The molecule has 1 atom stereocenters. The molecule has 0 spiro atoms. The van der Waals surface area contributed by atoms with Gasteiger partial charge in [-0.1, -0.05) is 0 Å². The van der Waals surface area contributed by atoms with E-state index in [4.69, 9.17) is 9.52 Å². The van der Waals surface area contributed by atoms with E-state index in [1.54, 1.807) is 6.26 Å². The number of furan rings is 1. The van der Waals surface area contributed by atoms with Crippen LogP contribution in [0.15, 0.2) is 22.8 Å². The zero-order valence-corrected chi connectivity index (χ0v) is 11.5.